The van der Waals surface area contributed by atoms with Crippen LogP contribution in [0.4, 0.5) is 5.69 Å². The molecule has 0 aliphatic carbocycles. The van der Waals surface area contributed by atoms with Gasteiger partial charge in [-0.15, -0.1) is 0 Å². The highest BCUT2D eigenvalue weighted by Crippen LogP contribution is 2.44. The van der Waals surface area contributed by atoms with Gasteiger partial charge < -0.3 is 14.3 Å². The lowest BCUT2D eigenvalue weighted by atomic mass is 9.98. The summed E-state index contributed by atoms with van der Waals surface area (Å²) in [6.07, 6.45) is 0. The van der Waals surface area contributed by atoms with Gasteiger partial charge in [0.2, 0.25) is 0 Å². The van der Waals surface area contributed by atoms with Gasteiger partial charge in [-0.05, 0) is 69.7 Å². The molecule has 7 heteroatoms. The number of ketones is 1. The topological polar surface area (TPSA) is 80.0 Å². The van der Waals surface area contributed by atoms with Crippen LogP contribution in [-0.2, 0) is 9.59 Å². The van der Waals surface area contributed by atoms with Gasteiger partial charge in [0.1, 0.15) is 29.1 Å². The summed E-state index contributed by atoms with van der Waals surface area (Å²) in [6, 6.07) is 12.9. The lowest BCUT2D eigenvalue weighted by Crippen LogP contribution is -2.30. The van der Waals surface area contributed by atoms with Gasteiger partial charge in [0, 0.05) is 11.3 Å². The number of rotatable bonds is 5. The molecule has 33 heavy (non-hydrogen) atoms. The molecule has 0 bridgehead atoms. The molecule has 1 saturated heterocycles. The highest BCUT2D eigenvalue weighted by Gasteiger charge is 2.49. The average Bonchev–Trinajstić information content (AvgIpc) is 3.31. The Hall–Kier alpha value is -3.51. The van der Waals surface area contributed by atoms with Gasteiger partial charge in [0.15, 0.2) is 0 Å². The number of aliphatic hydroxyl groups is 1. The molecule has 1 N–H and O–H groups in total. The summed E-state index contributed by atoms with van der Waals surface area (Å²) in [5, 5.41) is 11.5. The van der Waals surface area contributed by atoms with Gasteiger partial charge in [-0.3, -0.25) is 14.5 Å². The van der Waals surface area contributed by atoms with E-state index in [9.17, 15) is 14.7 Å². The Morgan fingerprint density at radius 2 is 1.85 bits per heavy atom. The Balaban J connectivity index is 1.96. The van der Waals surface area contributed by atoms with E-state index in [2.05, 4.69) is 0 Å². The van der Waals surface area contributed by atoms with E-state index in [0.717, 1.165) is 11.1 Å². The monoisotopic (exact) mass is 465 g/mol. The molecule has 1 fully saturated rings. The second-order valence-corrected chi connectivity index (χ2v) is 8.39. The van der Waals surface area contributed by atoms with Crippen LogP contribution in [-0.4, -0.2) is 23.4 Å². The van der Waals surface area contributed by atoms with Crippen LogP contribution in [0.1, 0.15) is 41.2 Å². The molecule has 2 heterocycles. The Labute approximate surface area is 197 Å². The van der Waals surface area contributed by atoms with E-state index in [1.807, 2.05) is 32.9 Å². The van der Waals surface area contributed by atoms with Crippen LogP contribution < -0.4 is 9.64 Å². The van der Waals surface area contributed by atoms with E-state index >= 15 is 0 Å². The first-order valence-electron chi connectivity index (χ1n) is 10.6. The summed E-state index contributed by atoms with van der Waals surface area (Å²) >= 11 is 6.36. The lowest BCUT2D eigenvalue weighted by Gasteiger charge is -2.25. The second-order valence-electron chi connectivity index (χ2n) is 7.98. The molecule has 4 rings (SSSR count). The number of halogens is 1. The molecule has 1 atom stereocenters. The fraction of sp³-hybridized carbons (Fsp3) is 0.231. The molecule has 0 saturated carbocycles. The van der Waals surface area contributed by atoms with E-state index in [-0.39, 0.29) is 21.9 Å². The average molecular weight is 466 g/mol. The number of benzene rings is 2. The minimum absolute atomic E-state index is 0.0927. The SMILES string of the molecule is CCOc1ccc(Cl)c(/C(O)=C2/C(=O)C(=O)N(c3ccc(C)cc3C)C2c2ccc(C)o2)c1. The first-order chi connectivity index (χ1) is 15.7. The van der Waals surface area contributed by atoms with Gasteiger partial charge in [-0.2, -0.15) is 0 Å². The number of carbonyl (C=O) groups excluding carboxylic acids is 2. The summed E-state index contributed by atoms with van der Waals surface area (Å²) in [4.78, 5) is 27.9. The Kier molecular flexibility index (Phi) is 6.04. The van der Waals surface area contributed by atoms with Crippen molar-refractivity contribution in [2.24, 2.45) is 0 Å². The molecule has 2 aromatic carbocycles. The maximum absolute atomic E-state index is 13.3. The summed E-state index contributed by atoms with van der Waals surface area (Å²) in [6.45, 7) is 7.85. The van der Waals surface area contributed by atoms with Crippen LogP contribution in [0, 0.1) is 20.8 Å². The van der Waals surface area contributed by atoms with Gasteiger partial charge >= 0.3 is 0 Å². The number of furan rings is 1. The number of aryl methyl sites for hydroxylation is 3. The van der Waals surface area contributed by atoms with Crippen molar-refractivity contribution in [1.82, 2.24) is 0 Å². The first kappa shape index (κ1) is 22.7. The van der Waals surface area contributed by atoms with Gasteiger partial charge in [-0.25, -0.2) is 0 Å². The van der Waals surface area contributed by atoms with E-state index in [4.69, 9.17) is 20.8 Å². The minimum Gasteiger partial charge on any atom is -0.507 e. The maximum atomic E-state index is 13.3. The molecule has 1 aromatic heterocycles. The summed E-state index contributed by atoms with van der Waals surface area (Å²) in [5.74, 6) is -0.481. The second kappa shape index (κ2) is 8.79. The van der Waals surface area contributed by atoms with Crippen LogP contribution in [0.15, 0.2) is 58.5 Å². The van der Waals surface area contributed by atoms with Gasteiger partial charge in [-0.1, -0.05) is 29.3 Å². The predicted octanol–water partition coefficient (Wildman–Crippen LogP) is 5.88. The number of ether oxygens (including phenoxy) is 1. The predicted molar refractivity (Wildman–Crippen MR) is 127 cm³/mol. The molecule has 1 amide bonds. The standard InChI is InChI=1S/C26H24ClNO5/c1-5-32-17-8-9-19(27)18(13-17)24(29)22-23(21-11-7-16(4)33-21)28(26(31)25(22)30)20-10-6-14(2)12-15(20)3/h6-13,23,29H,5H2,1-4H3/b24-22-. The lowest BCUT2D eigenvalue weighted by molar-refractivity contribution is -0.132. The zero-order chi connectivity index (χ0) is 23.9. The van der Waals surface area contributed by atoms with Gasteiger partial charge in [0.25, 0.3) is 11.7 Å². The fourth-order valence-corrected chi connectivity index (χ4v) is 4.32. The van der Waals surface area contributed by atoms with Crippen molar-refractivity contribution in [3.05, 3.63) is 87.3 Å². The zero-order valence-electron chi connectivity index (χ0n) is 18.8. The normalized spacial score (nSPS) is 17.6. The van der Waals surface area contributed by atoms with Crippen molar-refractivity contribution in [2.75, 3.05) is 11.5 Å². The molecular formula is C26H24ClNO5. The molecule has 6 nitrogen and oxygen atoms in total. The molecule has 3 aromatic rings. The maximum Gasteiger partial charge on any atom is 0.300 e. The molecule has 170 valence electrons. The number of hydrogen-bond acceptors (Lipinski definition) is 5. The number of aliphatic hydroxyl groups excluding tert-OH is 1. The van der Waals surface area contributed by atoms with Crippen LogP contribution in [0.5, 0.6) is 5.75 Å². The molecule has 1 unspecified atom stereocenters. The van der Waals surface area contributed by atoms with Crippen molar-refractivity contribution in [1.29, 1.82) is 0 Å². The number of hydrogen-bond donors (Lipinski definition) is 1. The van der Waals surface area contributed by atoms with Crippen molar-refractivity contribution < 1.29 is 23.8 Å². The third-order valence-electron chi connectivity index (χ3n) is 5.59. The number of nitrogens with zero attached hydrogens (tertiary/aromatic N) is 1. The third kappa shape index (κ3) is 4.02. The Morgan fingerprint density at radius 3 is 2.48 bits per heavy atom. The number of anilines is 1. The summed E-state index contributed by atoms with van der Waals surface area (Å²) < 4.78 is 11.4. The van der Waals surface area contributed by atoms with Crippen LogP contribution in [0.3, 0.4) is 0 Å². The van der Waals surface area contributed by atoms with Crippen molar-refractivity contribution >= 4 is 34.7 Å². The molecule has 0 radical (unpaired) electrons. The van der Waals surface area contributed by atoms with E-state index < -0.39 is 17.7 Å². The summed E-state index contributed by atoms with van der Waals surface area (Å²) in [5.41, 5.74) is 2.52. The first-order valence-corrected chi connectivity index (χ1v) is 11.0. The quantitative estimate of drug-likeness (QED) is 0.289. The van der Waals surface area contributed by atoms with Crippen molar-refractivity contribution in [2.45, 2.75) is 33.7 Å². The summed E-state index contributed by atoms with van der Waals surface area (Å²) in [7, 11) is 0. The minimum atomic E-state index is -0.952. The molecule has 1 aliphatic rings. The largest absolute Gasteiger partial charge is 0.507 e. The molecule has 0 spiro atoms. The molecule has 1 aliphatic heterocycles. The molecular weight excluding hydrogens is 442 g/mol. The smallest absolute Gasteiger partial charge is 0.300 e. The van der Waals surface area contributed by atoms with Gasteiger partial charge in [0.05, 0.1) is 17.2 Å². The zero-order valence-corrected chi connectivity index (χ0v) is 19.6. The van der Waals surface area contributed by atoms with Crippen LogP contribution >= 0.6 is 11.6 Å². The number of carbonyl (C=O) groups is 2. The Bertz CT molecular complexity index is 1290. The fourth-order valence-electron chi connectivity index (χ4n) is 4.11. The Morgan fingerprint density at radius 1 is 1.09 bits per heavy atom. The van der Waals surface area contributed by atoms with Crippen molar-refractivity contribution in [3.8, 4) is 5.75 Å². The third-order valence-corrected chi connectivity index (χ3v) is 5.92. The van der Waals surface area contributed by atoms with Crippen LogP contribution in [0.25, 0.3) is 5.76 Å². The number of Topliss-reactive ketones (excluding diaryl/α,β-unsaturated/α-hetero) is 1. The van der Waals surface area contributed by atoms with E-state index in [0.29, 0.717) is 29.6 Å². The van der Waals surface area contributed by atoms with E-state index in [1.165, 1.54) is 4.90 Å². The van der Waals surface area contributed by atoms with E-state index in [1.54, 1.807) is 43.3 Å². The number of amides is 1. The van der Waals surface area contributed by atoms with Crippen LogP contribution in [0.2, 0.25) is 5.02 Å². The van der Waals surface area contributed by atoms with Crippen molar-refractivity contribution in [3.63, 3.8) is 0 Å². The highest BCUT2D eigenvalue weighted by molar-refractivity contribution is 6.52. The highest BCUT2D eigenvalue weighted by atomic mass is 35.5.